The van der Waals surface area contributed by atoms with Gasteiger partial charge < -0.3 is 15.5 Å². The van der Waals surface area contributed by atoms with Crippen molar-refractivity contribution in [1.82, 2.24) is 19.8 Å². The predicted octanol–water partition coefficient (Wildman–Crippen LogP) is 2.33. The maximum Gasteiger partial charge on any atom is 0.227 e. The smallest absolute Gasteiger partial charge is 0.227 e. The van der Waals surface area contributed by atoms with Gasteiger partial charge in [0.05, 0.1) is 6.42 Å². The Bertz CT molecular complexity index is 556. The number of aryl methyl sites for hydroxylation is 2. The van der Waals surface area contributed by atoms with Crippen LogP contribution in [0.3, 0.4) is 0 Å². The average Bonchev–Trinajstić information content (AvgIpc) is 2.79. The van der Waals surface area contributed by atoms with Gasteiger partial charge in [0, 0.05) is 36.1 Å². The number of nitrogens with two attached hydrogens (primary N) is 1. The quantitative estimate of drug-likeness (QED) is 0.855. The molecule has 1 aliphatic rings. The number of amides is 1. The Morgan fingerprint density at radius 1 is 1.12 bits per heavy atom. The summed E-state index contributed by atoms with van der Waals surface area (Å²) >= 11 is 0. The minimum Gasteiger partial charge on any atom is -0.368 e. The zero-order chi connectivity index (χ0) is 18.4. The molecule has 0 saturated carbocycles. The molecule has 2 heterocycles. The van der Waals surface area contributed by atoms with E-state index in [2.05, 4.69) is 28.7 Å². The van der Waals surface area contributed by atoms with Crippen molar-refractivity contribution in [3.05, 3.63) is 17.0 Å². The van der Waals surface area contributed by atoms with Crippen molar-refractivity contribution in [3.63, 3.8) is 0 Å². The number of hydrogen-bond acceptors (Lipinski definition) is 5. The number of carbonyl (C=O) groups excluding carboxylic acids is 1. The van der Waals surface area contributed by atoms with Crippen LogP contribution in [0.5, 0.6) is 0 Å². The molecule has 0 aliphatic carbocycles. The second-order valence-electron chi connectivity index (χ2n) is 7.34. The molecule has 6 heteroatoms. The van der Waals surface area contributed by atoms with E-state index in [0.717, 1.165) is 43.1 Å². The minimum absolute atomic E-state index is 0.143. The predicted molar refractivity (Wildman–Crippen MR) is 101 cm³/mol. The van der Waals surface area contributed by atoms with Crippen LogP contribution < -0.4 is 5.73 Å². The molecule has 2 N–H and O–H groups in total. The molecule has 1 amide bonds. The number of carbonyl (C=O) groups is 1. The van der Waals surface area contributed by atoms with Gasteiger partial charge in [-0.15, -0.1) is 0 Å². The molecule has 1 saturated heterocycles. The van der Waals surface area contributed by atoms with Gasteiger partial charge in [-0.05, 0) is 53.6 Å². The van der Waals surface area contributed by atoms with Crippen LogP contribution in [-0.4, -0.2) is 57.9 Å². The van der Waals surface area contributed by atoms with E-state index in [1.807, 2.05) is 18.7 Å². The van der Waals surface area contributed by atoms with E-state index in [9.17, 15) is 4.79 Å². The Hall–Kier alpha value is -1.69. The van der Waals surface area contributed by atoms with Gasteiger partial charge in [0.2, 0.25) is 11.9 Å². The maximum atomic E-state index is 12.9. The van der Waals surface area contributed by atoms with Crippen molar-refractivity contribution < 1.29 is 4.79 Å². The second kappa shape index (κ2) is 9.13. The van der Waals surface area contributed by atoms with Gasteiger partial charge in [0.15, 0.2) is 0 Å². The molecular weight excluding hydrogens is 314 g/mol. The second-order valence-corrected chi connectivity index (χ2v) is 7.34. The average molecular weight is 348 g/mol. The zero-order valence-corrected chi connectivity index (χ0v) is 16.2. The summed E-state index contributed by atoms with van der Waals surface area (Å²) in [6, 6.07) is 0.190. The summed E-state index contributed by atoms with van der Waals surface area (Å²) < 4.78 is 0. The molecule has 0 unspecified atom stereocenters. The van der Waals surface area contributed by atoms with Crippen LogP contribution in [-0.2, 0) is 11.2 Å². The summed E-state index contributed by atoms with van der Waals surface area (Å²) in [5.41, 5.74) is 8.19. The fourth-order valence-corrected chi connectivity index (χ4v) is 3.55. The minimum atomic E-state index is 0.143. The zero-order valence-electron chi connectivity index (χ0n) is 16.2. The molecule has 0 spiro atoms. The van der Waals surface area contributed by atoms with Crippen LogP contribution in [0.1, 0.15) is 56.5 Å². The highest BCUT2D eigenvalue weighted by Gasteiger charge is 2.21. The van der Waals surface area contributed by atoms with Crippen LogP contribution in [0.2, 0.25) is 0 Å². The standard InChI is InChI=1S/C19H33N5O/c1-14(2)24(12-11-23-9-7-5-6-8-10-23)18(25)13-17-15(3)21-19(20)22-16(17)4/h14H,5-13H2,1-4H3,(H2,20,21,22). The van der Waals surface area contributed by atoms with Crippen molar-refractivity contribution >= 4 is 11.9 Å². The van der Waals surface area contributed by atoms with Crippen LogP contribution in [0.25, 0.3) is 0 Å². The first kappa shape index (κ1) is 19.6. The summed E-state index contributed by atoms with van der Waals surface area (Å²) in [5, 5.41) is 0. The van der Waals surface area contributed by atoms with Crippen molar-refractivity contribution in [3.8, 4) is 0 Å². The van der Waals surface area contributed by atoms with E-state index in [1.165, 1.54) is 25.7 Å². The molecule has 6 nitrogen and oxygen atoms in total. The highest BCUT2D eigenvalue weighted by Crippen LogP contribution is 2.15. The summed E-state index contributed by atoms with van der Waals surface area (Å²) in [4.78, 5) is 25.8. The molecule has 1 aromatic rings. The summed E-state index contributed by atoms with van der Waals surface area (Å²) in [7, 11) is 0. The number of rotatable bonds is 6. The molecular formula is C19H33N5O. The van der Waals surface area contributed by atoms with Crippen molar-refractivity contribution in [2.75, 3.05) is 31.9 Å². The van der Waals surface area contributed by atoms with E-state index in [0.29, 0.717) is 6.42 Å². The number of hydrogen-bond donors (Lipinski definition) is 1. The highest BCUT2D eigenvalue weighted by atomic mass is 16.2. The third-order valence-electron chi connectivity index (χ3n) is 5.07. The summed E-state index contributed by atoms with van der Waals surface area (Å²) in [6.07, 6.45) is 5.56. The molecule has 25 heavy (non-hydrogen) atoms. The third-order valence-corrected chi connectivity index (χ3v) is 5.07. The fourth-order valence-electron chi connectivity index (χ4n) is 3.55. The van der Waals surface area contributed by atoms with Crippen LogP contribution in [0.4, 0.5) is 5.95 Å². The molecule has 0 atom stereocenters. The molecule has 0 bridgehead atoms. The first-order valence-electron chi connectivity index (χ1n) is 9.50. The van der Waals surface area contributed by atoms with Gasteiger partial charge in [0.1, 0.15) is 0 Å². The highest BCUT2D eigenvalue weighted by molar-refractivity contribution is 5.79. The van der Waals surface area contributed by atoms with E-state index >= 15 is 0 Å². The van der Waals surface area contributed by atoms with Crippen LogP contribution in [0, 0.1) is 13.8 Å². The van der Waals surface area contributed by atoms with Crippen molar-refractivity contribution in [1.29, 1.82) is 0 Å². The lowest BCUT2D eigenvalue weighted by molar-refractivity contribution is -0.132. The lowest BCUT2D eigenvalue weighted by Crippen LogP contribution is -2.43. The third kappa shape index (κ3) is 5.66. The van der Waals surface area contributed by atoms with Crippen LogP contribution >= 0.6 is 0 Å². The number of anilines is 1. The molecule has 2 rings (SSSR count). The van der Waals surface area contributed by atoms with Gasteiger partial charge in [-0.25, -0.2) is 9.97 Å². The van der Waals surface area contributed by atoms with Gasteiger partial charge in [-0.1, -0.05) is 12.8 Å². The molecule has 0 radical (unpaired) electrons. The Morgan fingerprint density at radius 3 is 2.20 bits per heavy atom. The summed E-state index contributed by atoms with van der Waals surface area (Å²) in [5.74, 6) is 0.414. The molecule has 1 aliphatic heterocycles. The van der Waals surface area contributed by atoms with E-state index in [-0.39, 0.29) is 17.9 Å². The molecule has 0 aromatic carbocycles. The molecule has 140 valence electrons. The number of aromatic nitrogens is 2. The largest absolute Gasteiger partial charge is 0.368 e. The van der Waals surface area contributed by atoms with E-state index in [1.54, 1.807) is 0 Å². The van der Waals surface area contributed by atoms with Crippen LogP contribution in [0.15, 0.2) is 0 Å². The monoisotopic (exact) mass is 347 g/mol. The van der Waals surface area contributed by atoms with Gasteiger partial charge >= 0.3 is 0 Å². The maximum absolute atomic E-state index is 12.9. The first-order chi connectivity index (χ1) is 11.9. The Labute approximate surface area is 151 Å². The lowest BCUT2D eigenvalue weighted by Gasteiger charge is -2.30. The summed E-state index contributed by atoms with van der Waals surface area (Å²) in [6.45, 7) is 12.0. The van der Waals surface area contributed by atoms with Gasteiger partial charge in [0.25, 0.3) is 0 Å². The molecule has 1 fully saturated rings. The van der Waals surface area contributed by atoms with Crippen molar-refractivity contribution in [2.24, 2.45) is 0 Å². The number of nitrogen functional groups attached to an aromatic ring is 1. The van der Waals surface area contributed by atoms with E-state index in [4.69, 9.17) is 5.73 Å². The number of likely N-dealkylation sites (tertiary alicyclic amines) is 1. The first-order valence-corrected chi connectivity index (χ1v) is 9.50. The van der Waals surface area contributed by atoms with Gasteiger partial charge in [-0.3, -0.25) is 4.79 Å². The fraction of sp³-hybridized carbons (Fsp3) is 0.737. The normalized spacial score (nSPS) is 16.0. The number of nitrogens with zero attached hydrogens (tertiary/aromatic N) is 4. The lowest BCUT2D eigenvalue weighted by atomic mass is 10.1. The Kier molecular flexibility index (Phi) is 7.17. The Morgan fingerprint density at radius 2 is 1.68 bits per heavy atom. The topological polar surface area (TPSA) is 75.3 Å². The molecule has 1 aromatic heterocycles. The van der Waals surface area contributed by atoms with E-state index < -0.39 is 0 Å². The van der Waals surface area contributed by atoms with Gasteiger partial charge in [-0.2, -0.15) is 0 Å². The Balaban J connectivity index is 2.00. The van der Waals surface area contributed by atoms with Crippen molar-refractivity contribution in [2.45, 2.75) is 65.8 Å². The SMILES string of the molecule is Cc1nc(N)nc(C)c1CC(=O)N(CCN1CCCCCC1)C(C)C.